The van der Waals surface area contributed by atoms with Crippen LogP contribution in [0, 0.1) is 17.6 Å². The molecule has 2 aliphatic heterocycles. The largest absolute Gasteiger partial charge is 0.370 e. The summed E-state index contributed by atoms with van der Waals surface area (Å²) in [5.41, 5.74) is -0.164. The predicted octanol–water partition coefficient (Wildman–Crippen LogP) is 3.21. The van der Waals surface area contributed by atoms with E-state index in [-0.39, 0.29) is 35.5 Å². The lowest BCUT2D eigenvalue weighted by atomic mass is 9.88. The van der Waals surface area contributed by atoms with Crippen LogP contribution in [-0.4, -0.2) is 48.1 Å². The molecule has 7 heteroatoms. The van der Waals surface area contributed by atoms with Crippen LogP contribution < -0.4 is 5.32 Å². The molecule has 1 aromatic carbocycles. The third kappa shape index (κ3) is 5.53. The molecular formula is C22H30F2N2O3. The van der Waals surface area contributed by atoms with Crippen molar-refractivity contribution in [1.29, 1.82) is 0 Å². The molecule has 2 fully saturated rings. The topological polar surface area (TPSA) is 58.6 Å². The monoisotopic (exact) mass is 408 g/mol. The van der Waals surface area contributed by atoms with Crippen molar-refractivity contribution in [3.05, 3.63) is 35.4 Å². The molecule has 2 heterocycles. The highest BCUT2D eigenvalue weighted by Crippen LogP contribution is 2.38. The second-order valence-corrected chi connectivity index (χ2v) is 8.63. The number of rotatable bonds is 6. The van der Waals surface area contributed by atoms with Crippen LogP contribution in [0.3, 0.4) is 0 Å². The Morgan fingerprint density at radius 1 is 1.24 bits per heavy atom. The first kappa shape index (κ1) is 21.7. The molecule has 160 valence electrons. The summed E-state index contributed by atoms with van der Waals surface area (Å²) in [4.78, 5) is 26.3. The molecule has 0 bridgehead atoms. The maximum absolute atomic E-state index is 13.7. The smallest absolute Gasteiger partial charge is 0.224 e. The molecule has 2 aliphatic rings. The molecule has 2 amide bonds. The number of likely N-dealkylation sites (tertiary alicyclic amines) is 1. The third-order valence-electron chi connectivity index (χ3n) is 5.86. The van der Waals surface area contributed by atoms with Crippen molar-refractivity contribution in [1.82, 2.24) is 10.2 Å². The van der Waals surface area contributed by atoms with Gasteiger partial charge in [-0.3, -0.25) is 9.59 Å². The van der Waals surface area contributed by atoms with Gasteiger partial charge in [0.25, 0.3) is 0 Å². The van der Waals surface area contributed by atoms with Gasteiger partial charge in [-0.2, -0.15) is 0 Å². The molecule has 3 rings (SSSR count). The zero-order valence-electron chi connectivity index (χ0n) is 17.2. The van der Waals surface area contributed by atoms with E-state index < -0.39 is 11.6 Å². The van der Waals surface area contributed by atoms with E-state index in [1.165, 1.54) is 12.1 Å². The first-order chi connectivity index (χ1) is 13.8. The van der Waals surface area contributed by atoms with Gasteiger partial charge in [0.15, 0.2) is 11.6 Å². The fourth-order valence-electron chi connectivity index (χ4n) is 4.20. The van der Waals surface area contributed by atoms with E-state index in [0.29, 0.717) is 32.0 Å². The predicted molar refractivity (Wildman–Crippen MR) is 105 cm³/mol. The summed E-state index contributed by atoms with van der Waals surface area (Å²) in [6, 6.07) is 3.83. The molecule has 0 aliphatic carbocycles. The van der Waals surface area contributed by atoms with Crippen molar-refractivity contribution in [2.24, 2.45) is 5.92 Å². The number of amides is 2. The lowest BCUT2D eigenvalue weighted by Gasteiger charge is -2.39. The minimum Gasteiger partial charge on any atom is -0.370 e. The lowest BCUT2D eigenvalue weighted by Crippen LogP contribution is -2.47. The van der Waals surface area contributed by atoms with E-state index in [1.807, 2.05) is 18.7 Å². The van der Waals surface area contributed by atoms with Crippen LogP contribution in [-0.2, 0) is 20.7 Å². The van der Waals surface area contributed by atoms with Gasteiger partial charge in [-0.05, 0) is 37.7 Å². The second kappa shape index (κ2) is 9.20. The number of benzene rings is 1. The summed E-state index contributed by atoms with van der Waals surface area (Å²) in [5, 5.41) is 2.77. The molecule has 5 nitrogen and oxygen atoms in total. The van der Waals surface area contributed by atoms with Crippen LogP contribution in [0.1, 0.15) is 51.5 Å². The molecule has 2 saturated heterocycles. The number of halogens is 2. The van der Waals surface area contributed by atoms with Gasteiger partial charge in [-0.25, -0.2) is 8.78 Å². The third-order valence-corrected chi connectivity index (χ3v) is 5.86. The highest BCUT2D eigenvalue weighted by Gasteiger charge is 2.43. The Balaban J connectivity index is 1.43. The Morgan fingerprint density at radius 3 is 2.66 bits per heavy atom. The average molecular weight is 408 g/mol. The number of nitrogens with one attached hydrogen (secondary N) is 1. The van der Waals surface area contributed by atoms with E-state index in [0.717, 1.165) is 31.7 Å². The molecule has 1 spiro atoms. The molecular weight excluding hydrogens is 378 g/mol. The molecule has 29 heavy (non-hydrogen) atoms. The van der Waals surface area contributed by atoms with Crippen LogP contribution >= 0.6 is 0 Å². The lowest BCUT2D eigenvalue weighted by molar-refractivity contribution is -0.138. The summed E-state index contributed by atoms with van der Waals surface area (Å²) in [7, 11) is 0. The van der Waals surface area contributed by atoms with Gasteiger partial charge in [-0.1, -0.05) is 26.0 Å². The standard InChI is InChI=1S/C22H30F2N2O3/c1-15(2)12-20(28)26-10-8-22(9-11-26)7-6-17(29-22)14-25-19(27)13-16-4-3-5-18(23)21(16)24/h3-5,15,17H,6-14H2,1-2H3,(H,25,27). The van der Waals surface area contributed by atoms with E-state index in [4.69, 9.17) is 4.74 Å². The van der Waals surface area contributed by atoms with Gasteiger partial charge in [0.2, 0.25) is 11.8 Å². The fourth-order valence-corrected chi connectivity index (χ4v) is 4.20. The number of piperidine rings is 1. The average Bonchev–Trinajstić information content (AvgIpc) is 3.06. The number of carbonyl (C=O) groups is 2. The number of nitrogens with zero attached hydrogens (tertiary/aromatic N) is 1. The van der Waals surface area contributed by atoms with Crippen LogP contribution in [0.5, 0.6) is 0 Å². The maximum Gasteiger partial charge on any atom is 0.224 e. The van der Waals surface area contributed by atoms with E-state index in [1.54, 1.807) is 0 Å². The van der Waals surface area contributed by atoms with Gasteiger partial charge in [0, 0.05) is 31.6 Å². The van der Waals surface area contributed by atoms with Gasteiger partial charge >= 0.3 is 0 Å². The van der Waals surface area contributed by atoms with Crippen LogP contribution in [0.25, 0.3) is 0 Å². The van der Waals surface area contributed by atoms with Crippen LogP contribution in [0.15, 0.2) is 18.2 Å². The maximum atomic E-state index is 13.7. The van der Waals surface area contributed by atoms with Crippen molar-refractivity contribution < 1.29 is 23.1 Å². The summed E-state index contributed by atoms with van der Waals surface area (Å²) >= 11 is 0. The number of carbonyl (C=O) groups excluding carboxylic acids is 2. The molecule has 1 aromatic rings. The molecule has 0 aromatic heterocycles. The Kier molecular flexibility index (Phi) is 6.88. The Bertz CT molecular complexity index is 746. The highest BCUT2D eigenvalue weighted by atomic mass is 19.2. The van der Waals surface area contributed by atoms with Crippen LogP contribution in [0.4, 0.5) is 8.78 Å². The summed E-state index contributed by atoms with van der Waals surface area (Å²) in [6.45, 7) is 5.87. The summed E-state index contributed by atoms with van der Waals surface area (Å²) < 4.78 is 33.2. The quantitative estimate of drug-likeness (QED) is 0.786. The van der Waals surface area contributed by atoms with E-state index in [9.17, 15) is 18.4 Å². The first-order valence-electron chi connectivity index (χ1n) is 10.4. The van der Waals surface area contributed by atoms with E-state index in [2.05, 4.69) is 5.32 Å². The van der Waals surface area contributed by atoms with Crippen molar-refractivity contribution in [2.75, 3.05) is 19.6 Å². The fraction of sp³-hybridized carbons (Fsp3) is 0.636. The minimum absolute atomic E-state index is 0.0461. The van der Waals surface area contributed by atoms with Crippen LogP contribution in [0.2, 0.25) is 0 Å². The van der Waals surface area contributed by atoms with Gasteiger partial charge in [-0.15, -0.1) is 0 Å². The van der Waals surface area contributed by atoms with Crippen molar-refractivity contribution in [2.45, 2.75) is 64.1 Å². The molecule has 1 unspecified atom stereocenters. The first-order valence-corrected chi connectivity index (χ1v) is 10.4. The van der Waals surface area contributed by atoms with Gasteiger partial charge in [0.05, 0.1) is 18.1 Å². The normalized spacial score (nSPS) is 21.0. The SMILES string of the molecule is CC(C)CC(=O)N1CCC2(CCC(CNC(=O)Cc3cccc(F)c3F)O2)CC1. The number of ether oxygens (including phenoxy) is 1. The molecule has 0 saturated carbocycles. The van der Waals surface area contributed by atoms with Gasteiger partial charge < -0.3 is 15.0 Å². The minimum atomic E-state index is -0.975. The second-order valence-electron chi connectivity index (χ2n) is 8.63. The highest BCUT2D eigenvalue weighted by molar-refractivity contribution is 5.78. The summed E-state index contributed by atoms with van der Waals surface area (Å²) in [6.07, 6.45) is 3.68. The molecule has 1 atom stereocenters. The van der Waals surface area contributed by atoms with E-state index >= 15 is 0 Å². The van der Waals surface area contributed by atoms with Crippen molar-refractivity contribution in [3.63, 3.8) is 0 Å². The Hall–Kier alpha value is -2.02. The number of hydrogen-bond donors (Lipinski definition) is 1. The molecule has 1 N–H and O–H groups in total. The zero-order valence-corrected chi connectivity index (χ0v) is 17.2. The van der Waals surface area contributed by atoms with Gasteiger partial charge in [0.1, 0.15) is 0 Å². The zero-order chi connectivity index (χ0) is 21.0. The Labute approximate surface area is 170 Å². The van der Waals surface area contributed by atoms with Crippen molar-refractivity contribution in [3.8, 4) is 0 Å². The van der Waals surface area contributed by atoms with Crippen molar-refractivity contribution >= 4 is 11.8 Å². The summed E-state index contributed by atoms with van der Waals surface area (Å²) in [5.74, 6) is -1.71. The molecule has 0 radical (unpaired) electrons. The Morgan fingerprint density at radius 2 is 1.97 bits per heavy atom. The number of hydrogen-bond acceptors (Lipinski definition) is 3.